The van der Waals surface area contributed by atoms with Crippen molar-refractivity contribution >= 4 is 40.5 Å². The molecule has 39 heavy (non-hydrogen) atoms. The lowest BCUT2D eigenvalue weighted by molar-refractivity contribution is -0.385. The van der Waals surface area contributed by atoms with Gasteiger partial charge >= 0.3 is 11.9 Å². The summed E-state index contributed by atoms with van der Waals surface area (Å²) in [6.07, 6.45) is -1.77. The first kappa shape index (κ1) is 27.2. The maximum atomic E-state index is 13.3. The average Bonchev–Trinajstić information content (AvgIpc) is 2.86. The van der Waals surface area contributed by atoms with Gasteiger partial charge in [-0.05, 0) is 49.9 Å². The molecule has 0 atom stereocenters. The Labute approximate surface area is 231 Å². The lowest BCUT2D eigenvalue weighted by Gasteiger charge is -2.42. The van der Waals surface area contributed by atoms with Crippen molar-refractivity contribution in [2.45, 2.75) is 50.6 Å². The summed E-state index contributed by atoms with van der Waals surface area (Å²) in [5.41, 5.74) is 0.447. The van der Waals surface area contributed by atoms with Crippen LogP contribution >= 0.6 is 23.2 Å². The first-order chi connectivity index (χ1) is 18.4. The van der Waals surface area contributed by atoms with Crippen LogP contribution in [-0.4, -0.2) is 28.4 Å². The Hall–Kier alpha value is -3.37. The van der Waals surface area contributed by atoms with Crippen molar-refractivity contribution in [3.05, 3.63) is 84.2 Å². The molecule has 0 radical (unpaired) electrons. The third-order valence-corrected chi connectivity index (χ3v) is 7.79. The first-order valence-electron chi connectivity index (χ1n) is 12.2. The molecule has 1 aliphatic heterocycles. The Morgan fingerprint density at radius 2 is 1.56 bits per heavy atom. The van der Waals surface area contributed by atoms with Crippen LogP contribution in [0.4, 0.5) is 18.9 Å². The summed E-state index contributed by atoms with van der Waals surface area (Å²) in [6.45, 7) is 0. The number of nitrogens with zero attached hydrogens (tertiary/aromatic N) is 2. The molecule has 0 N–H and O–H groups in total. The van der Waals surface area contributed by atoms with Crippen molar-refractivity contribution in [3.8, 4) is 11.5 Å². The zero-order valence-corrected chi connectivity index (χ0v) is 22.0. The molecule has 0 amide bonds. The number of halogens is 5. The van der Waals surface area contributed by atoms with Crippen LogP contribution in [0.5, 0.6) is 11.5 Å². The van der Waals surface area contributed by atoms with E-state index in [0.717, 1.165) is 17.5 Å². The van der Waals surface area contributed by atoms with Crippen LogP contribution in [0.25, 0.3) is 0 Å². The van der Waals surface area contributed by atoms with Gasteiger partial charge in [-0.3, -0.25) is 19.7 Å². The summed E-state index contributed by atoms with van der Waals surface area (Å²) < 4.78 is 45.6. The molecule has 7 nitrogen and oxygen atoms in total. The molecule has 1 heterocycles. The van der Waals surface area contributed by atoms with Gasteiger partial charge in [0, 0.05) is 65.0 Å². The third-order valence-electron chi connectivity index (χ3n) is 7.29. The maximum absolute atomic E-state index is 13.3. The molecular weight excluding hydrogens is 560 g/mol. The standard InChI is InChI=1S/C27H21Cl2F3N2O5/c1-33-17-4-2-6-20(35)24(17)23(25-18(33)5-3-7-21(25)36)15-11-14(28)12-16(29)26(15)39-22-9-8-13(27(30,31)32)10-19(22)34(37)38/h8-12,23H,2-7H2,1H3. The number of carbonyl (C=O) groups excluding carboxylic acids is 2. The second kappa shape index (κ2) is 9.98. The van der Waals surface area contributed by atoms with Crippen molar-refractivity contribution in [1.82, 2.24) is 4.90 Å². The van der Waals surface area contributed by atoms with E-state index in [2.05, 4.69) is 0 Å². The highest BCUT2D eigenvalue weighted by Gasteiger charge is 2.44. The molecule has 2 aromatic carbocycles. The minimum atomic E-state index is -4.81. The van der Waals surface area contributed by atoms with Crippen molar-refractivity contribution in [2.24, 2.45) is 0 Å². The van der Waals surface area contributed by atoms with Gasteiger partial charge in [-0.1, -0.05) is 23.2 Å². The number of ketones is 2. The minimum Gasteiger partial charge on any atom is -0.448 e. The Bertz CT molecular complexity index is 1450. The molecule has 0 unspecified atom stereocenters. The smallest absolute Gasteiger partial charge is 0.416 e. The van der Waals surface area contributed by atoms with E-state index in [1.54, 1.807) is 0 Å². The Morgan fingerprint density at radius 1 is 0.974 bits per heavy atom. The maximum Gasteiger partial charge on any atom is 0.416 e. The summed E-state index contributed by atoms with van der Waals surface area (Å²) in [5, 5.41) is 11.8. The summed E-state index contributed by atoms with van der Waals surface area (Å²) in [6, 6.07) is 4.69. The highest BCUT2D eigenvalue weighted by molar-refractivity contribution is 6.35. The zero-order valence-electron chi connectivity index (χ0n) is 20.5. The number of benzene rings is 2. The van der Waals surface area contributed by atoms with E-state index in [-0.39, 0.29) is 45.8 Å². The number of nitro groups is 1. The molecule has 0 fully saturated rings. The van der Waals surface area contributed by atoms with Gasteiger partial charge in [-0.15, -0.1) is 0 Å². The summed E-state index contributed by atoms with van der Waals surface area (Å²) >= 11 is 12.9. The summed E-state index contributed by atoms with van der Waals surface area (Å²) in [4.78, 5) is 39.3. The second-order valence-electron chi connectivity index (χ2n) is 9.61. The molecular formula is C27H21Cl2F3N2O5. The molecule has 0 saturated heterocycles. The van der Waals surface area contributed by atoms with E-state index in [1.165, 1.54) is 12.1 Å². The third kappa shape index (κ3) is 4.80. The van der Waals surface area contributed by atoms with Gasteiger partial charge in [0.05, 0.1) is 15.5 Å². The highest BCUT2D eigenvalue weighted by Crippen LogP contribution is 2.53. The highest BCUT2D eigenvalue weighted by atomic mass is 35.5. The fourth-order valence-electron chi connectivity index (χ4n) is 5.60. The van der Waals surface area contributed by atoms with E-state index in [1.807, 2.05) is 11.9 Å². The van der Waals surface area contributed by atoms with Gasteiger partial charge in [0.1, 0.15) is 0 Å². The van der Waals surface area contributed by atoms with Gasteiger partial charge in [-0.25, -0.2) is 0 Å². The number of carbonyl (C=O) groups is 2. The number of allylic oxidation sites excluding steroid dienone is 4. The Balaban J connectivity index is 1.73. The number of rotatable bonds is 4. The van der Waals surface area contributed by atoms with E-state index in [4.69, 9.17) is 27.9 Å². The lowest BCUT2D eigenvalue weighted by Crippen LogP contribution is -2.37. The average molecular weight is 581 g/mol. The van der Waals surface area contributed by atoms with Crippen LogP contribution in [0, 0.1) is 10.1 Å². The number of Topliss-reactive ketones (excluding diaryl/α,β-unsaturated/α-hetero) is 2. The van der Waals surface area contributed by atoms with Crippen LogP contribution in [0.2, 0.25) is 10.0 Å². The first-order valence-corrected chi connectivity index (χ1v) is 12.9. The van der Waals surface area contributed by atoms with E-state index in [9.17, 15) is 32.9 Å². The quantitative estimate of drug-likeness (QED) is 0.271. The van der Waals surface area contributed by atoms with Gasteiger partial charge in [0.25, 0.3) is 0 Å². The fourth-order valence-corrected chi connectivity index (χ4v) is 6.15. The molecule has 0 bridgehead atoms. The van der Waals surface area contributed by atoms with Crippen LogP contribution in [0.15, 0.2) is 52.9 Å². The normalized spacial score (nSPS) is 18.4. The van der Waals surface area contributed by atoms with Crippen molar-refractivity contribution in [2.75, 3.05) is 7.05 Å². The Morgan fingerprint density at radius 3 is 2.10 bits per heavy atom. The topological polar surface area (TPSA) is 89.8 Å². The van der Waals surface area contributed by atoms with Crippen molar-refractivity contribution < 1.29 is 32.4 Å². The monoisotopic (exact) mass is 580 g/mol. The molecule has 5 rings (SSSR count). The van der Waals surface area contributed by atoms with Crippen molar-refractivity contribution in [3.63, 3.8) is 0 Å². The predicted octanol–water partition coefficient (Wildman–Crippen LogP) is 7.76. The predicted molar refractivity (Wildman–Crippen MR) is 137 cm³/mol. The van der Waals surface area contributed by atoms with Gasteiger partial charge in [0.15, 0.2) is 17.3 Å². The summed E-state index contributed by atoms with van der Waals surface area (Å²) in [5.74, 6) is -1.82. The SMILES string of the molecule is CN1C2=C(C(=O)CCC2)C(c2cc(Cl)cc(Cl)c2Oc2ccc(C(F)(F)F)cc2[N+](=O)[O-])C2=C1CCCC2=O. The second-order valence-corrected chi connectivity index (χ2v) is 10.5. The van der Waals surface area contributed by atoms with Gasteiger partial charge in [0.2, 0.25) is 5.75 Å². The molecule has 204 valence electrons. The summed E-state index contributed by atoms with van der Waals surface area (Å²) in [7, 11) is 1.83. The number of hydrogen-bond acceptors (Lipinski definition) is 6. The van der Waals surface area contributed by atoms with E-state index >= 15 is 0 Å². The molecule has 2 aromatic rings. The molecule has 2 aliphatic carbocycles. The van der Waals surface area contributed by atoms with Gasteiger partial charge < -0.3 is 9.64 Å². The number of ether oxygens (including phenoxy) is 1. The Kier molecular flexibility index (Phi) is 6.97. The van der Waals surface area contributed by atoms with Crippen LogP contribution in [-0.2, 0) is 15.8 Å². The van der Waals surface area contributed by atoms with E-state index < -0.39 is 34.0 Å². The minimum absolute atomic E-state index is 0.0820. The van der Waals surface area contributed by atoms with Crippen LogP contribution < -0.4 is 4.74 Å². The molecule has 0 saturated carbocycles. The molecule has 0 aromatic heterocycles. The number of alkyl halides is 3. The fraction of sp³-hybridized carbons (Fsp3) is 0.333. The van der Waals surface area contributed by atoms with Crippen molar-refractivity contribution in [1.29, 1.82) is 0 Å². The van der Waals surface area contributed by atoms with Crippen LogP contribution in [0.1, 0.15) is 55.6 Å². The van der Waals surface area contributed by atoms with Crippen LogP contribution in [0.3, 0.4) is 0 Å². The van der Waals surface area contributed by atoms with E-state index in [0.29, 0.717) is 49.0 Å². The van der Waals surface area contributed by atoms with Gasteiger partial charge in [-0.2, -0.15) is 13.2 Å². The zero-order chi connectivity index (χ0) is 28.2. The number of nitro benzene ring substituents is 1. The lowest BCUT2D eigenvalue weighted by atomic mass is 9.71. The molecule has 12 heteroatoms. The molecule has 3 aliphatic rings. The largest absolute Gasteiger partial charge is 0.448 e. The number of hydrogen-bond donors (Lipinski definition) is 0. The molecule has 0 spiro atoms.